The van der Waals surface area contributed by atoms with Crippen molar-refractivity contribution in [3.05, 3.63) is 29.8 Å². The lowest BCUT2D eigenvalue weighted by Gasteiger charge is -2.39. The molecule has 6 heteroatoms. The number of aliphatic hydroxyl groups is 1. The molecular weight excluding hydrogens is 320 g/mol. The van der Waals surface area contributed by atoms with E-state index >= 15 is 0 Å². The first-order valence-corrected chi connectivity index (χ1v) is 9.07. The van der Waals surface area contributed by atoms with Gasteiger partial charge in [-0.3, -0.25) is 0 Å². The molecule has 1 aromatic carbocycles. The normalized spacial score (nSPS) is 23.1. The Labute approximate surface area is 149 Å². The second-order valence-corrected chi connectivity index (χ2v) is 7.06. The summed E-state index contributed by atoms with van der Waals surface area (Å²) < 4.78 is 10.8. The fourth-order valence-electron chi connectivity index (χ4n) is 3.63. The van der Waals surface area contributed by atoms with E-state index in [1.165, 1.54) is 0 Å². The van der Waals surface area contributed by atoms with Gasteiger partial charge in [0.1, 0.15) is 5.75 Å². The molecule has 1 atom stereocenters. The standard InChI is InChI=1S/C19H28N2O4/c1-24-17-7-3-2-5-15(17)13-19(23)8-10-21(11-9-19)18(22)20-16-6-4-12-25-14-16/h2-3,5,7,16,23H,4,6,8-14H2,1H3,(H,20,22)/t16-/m0/s1. The molecule has 0 spiro atoms. The maximum atomic E-state index is 12.4. The van der Waals surface area contributed by atoms with Crippen molar-refractivity contribution in [2.24, 2.45) is 0 Å². The van der Waals surface area contributed by atoms with Gasteiger partial charge < -0.3 is 24.8 Å². The number of carbonyl (C=O) groups is 1. The van der Waals surface area contributed by atoms with Crippen molar-refractivity contribution in [3.63, 3.8) is 0 Å². The van der Waals surface area contributed by atoms with Gasteiger partial charge in [0.25, 0.3) is 0 Å². The Bertz CT molecular complexity index is 579. The minimum Gasteiger partial charge on any atom is -0.496 e. The first-order valence-electron chi connectivity index (χ1n) is 9.07. The summed E-state index contributed by atoms with van der Waals surface area (Å²) in [6.07, 6.45) is 3.64. The summed E-state index contributed by atoms with van der Waals surface area (Å²) in [5.74, 6) is 0.799. The van der Waals surface area contributed by atoms with Gasteiger partial charge in [-0.2, -0.15) is 0 Å². The highest BCUT2D eigenvalue weighted by Gasteiger charge is 2.35. The molecule has 25 heavy (non-hydrogen) atoms. The topological polar surface area (TPSA) is 71.0 Å². The zero-order valence-electron chi connectivity index (χ0n) is 14.9. The first-order chi connectivity index (χ1) is 12.1. The summed E-state index contributed by atoms with van der Waals surface area (Å²) >= 11 is 0. The zero-order valence-corrected chi connectivity index (χ0v) is 14.9. The van der Waals surface area contributed by atoms with Gasteiger partial charge in [-0.15, -0.1) is 0 Å². The van der Waals surface area contributed by atoms with Gasteiger partial charge in [-0.1, -0.05) is 18.2 Å². The van der Waals surface area contributed by atoms with Crippen LogP contribution >= 0.6 is 0 Å². The van der Waals surface area contributed by atoms with Crippen molar-refractivity contribution in [1.29, 1.82) is 0 Å². The van der Waals surface area contributed by atoms with Gasteiger partial charge in [-0.25, -0.2) is 4.79 Å². The number of urea groups is 1. The molecule has 2 aliphatic heterocycles. The smallest absolute Gasteiger partial charge is 0.317 e. The van der Waals surface area contributed by atoms with Crippen molar-refractivity contribution in [1.82, 2.24) is 10.2 Å². The first kappa shape index (κ1) is 18.0. The fraction of sp³-hybridized carbons (Fsp3) is 0.632. The molecule has 2 amide bonds. The molecule has 0 aliphatic carbocycles. The Morgan fingerprint density at radius 3 is 2.84 bits per heavy atom. The number of hydrogen-bond acceptors (Lipinski definition) is 4. The largest absolute Gasteiger partial charge is 0.496 e. The number of likely N-dealkylation sites (tertiary alicyclic amines) is 1. The monoisotopic (exact) mass is 348 g/mol. The van der Waals surface area contributed by atoms with E-state index in [1.54, 1.807) is 12.0 Å². The van der Waals surface area contributed by atoms with E-state index in [1.807, 2.05) is 24.3 Å². The van der Waals surface area contributed by atoms with E-state index in [4.69, 9.17) is 9.47 Å². The van der Waals surface area contributed by atoms with E-state index < -0.39 is 5.60 Å². The molecule has 1 aromatic rings. The van der Waals surface area contributed by atoms with Crippen molar-refractivity contribution in [3.8, 4) is 5.75 Å². The van der Waals surface area contributed by atoms with E-state index in [0.717, 1.165) is 30.8 Å². The molecule has 0 radical (unpaired) electrons. The van der Waals surface area contributed by atoms with Crippen molar-refractivity contribution in [2.75, 3.05) is 33.4 Å². The third-order valence-corrected chi connectivity index (χ3v) is 5.18. The van der Waals surface area contributed by atoms with Gasteiger partial charge in [0.15, 0.2) is 0 Å². The molecule has 0 bridgehead atoms. The average Bonchev–Trinajstić information content (AvgIpc) is 2.63. The Morgan fingerprint density at radius 2 is 2.16 bits per heavy atom. The Morgan fingerprint density at radius 1 is 1.40 bits per heavy atom. The number of carbonyl (C=O) groups excluding carboxylic acids is 1. The van der Waals surface area contributed by atoms with E-state index in [0.29, 0.717) is 39.0 Å². The Hall–Kier alpha value is -1.79. The molecule has 2 heterocycles. The molecule has 0 unspecified atom stereocenters. The number of rotatable bonds is 4. The highest BCUT2D eigenvalue weighted by molar-refractivity contribution is 5.74. The highest BCUT2D eigenvalue weighted by Crippen LogP contribution is 2.30. The van der Waals surface area contributed by atoms with E-state index in [-0.39, 0.29) is 12.1 Å². The second-order valence-electron chi connectivity index (χ2n) is 7.06. The quantitative estimate of drug-likeness (QED) is 0.872. The van der Waals surface area contributed by atoms with Crippen LogP contribution in [0, 0.1) is 0 Å². The SMILES string of the molecule is COc1ccccc1CC1(O)CCN(C(=O)N[C@H]2CCCOC2)CC1. The summed E-state index contributed by atoms with van der Waals surface area (Å²) in [5.41, 5.74) is 0.212. The molecule has 2 aliphatic rings. The number of benzene rings is 1. The predicted octanol–water partition coefficient (Wildman–Crippen LogP) is 1.95. The molecular formula is C19H28N2O4. The van der Waals surface area contributed by atoms with Crippen molar-refractivity contribution >= 4 is 6.03 Å². The molecule has 3 rings (SSSR count). The van der Waals surface area contributed by atoms with Crippen LogP contribution < -0.4 is 10.1 Å². The summed E-state index contributed by atoms with van der Waals surface area (Å²) in [4.78, 5) is 14.2. The summed E-state index contributed by atoms with van der Waals surface area (Å²) in [6, 6.07) is 7.84. The maximum Gasteiger partial charge on any atom is 0.317 e. The number of nitrogens with zero attached hydrogens (tertiary/aromatic N) is 1. The van der Waals surface area contributed by atoms with Crippen molar-refractivity contribution in [2.45, 2.75) is 43.7 Å². The van der Waals surface area contributed by atoms with E-state index in [9.17, 15) is 9.90 Å². The predicted molar refractivity (Wildman–Crippen MR) is 94.8 cm³/mol. The lowest BCUT2D eigenvalue weighted by atomic mass is 9.85. The number of nitrogens with one attached hydrogen (secondary N) is 1. The fourth-order valence-corrected chi connectivity index (χ4v) is 3.63. The van der Waals surface area contributed by atoms with Gasteiger partial charge >= 0.3 is 6.03 Å². The third-order valence-electron chi connectivity index (χ3n) is 5.18. The van der Waals surface area contributed by atoms with Crippen LogP contribution in [-0.2, 0) is 11.2 Å². The molecule has 2 fully saturated rings. The van der Waals surface area contributed by atoms with E-state index in [2.05, 4.69) is 5.32 Å². The minimum absolute atomic E-state index is 0.0464. The van der Waals surface area contributed by atoms with Gasteiger partial charge in [0.05, 0.1) is 25.4 Å². The van der Waals surface area contributed by atoms with Crippen molar-refractivity contribution < 1.29 is 19.4 Å². The number of hydrogen-bond donors (Lipinski definition) is 2. The van der Waals surface area contributed by atoms with Crippen LogP contribution in [0.25, 0.3) is 0 Å². The van der Waals surface area contributed by atoms with Crippen LogP contribution in [0.3, 0.4) is 0 Å². The second kappa shape index (κ2) is 8.06. The summed E-state index contributed by atoms with van der Waals surface area (Å²) in [5, 5.41) is 14.0. The molecule has 0 saturated carbocycles. The van der Waals surface area contributed by atoms with Crippen LogP contribution in [0.2, 0.25) is 0 Å². The number of amides is 2. The lowest BCUT2D eigenvalue weighted by Crippen LogP contribution is -2.53. The molecule has 2 saturated heterocycles. The van der Waals surface area contributed by atoms with Crippen LogP contribution in [0.15, 0.2) is 24.3 Å². The van der Waals surface area contributed by atoms with Crippen LogP contribution in [0.5, 0.6) is 5.75 Å². The van der Waals surface area contributed by atoms with Gasteiger partial charge in [-0.05, 0) is 37.3 Å². The Kier molecular flexibility index (Phi) is 5.81. The molecule has 138 valence electrons. The number of methoxy groups -OCH3 is 1. The molecule has 6 nitrogen and oxygen atoms in total. The molecule has 2 N–H and O–H groups in total. The zero-order chi connectivity index (χ0) is 17.7. The minimum atomic E-state index is -0.792. The van der Waals surface area contributed by atoms with Gasteiger partial charge in [0, 0.05) is 26.1 Å². The number of para-hydroxylation sites is 1. The van der Waals surface area contributed by atoms with Gasteiger partial charge in [0.2, 0.25) is 0 Å². The van der Waals surface area contributed by atoms with Crippen LogP contribution in [0.1, 0.15) is 31.2 Å². The highest BCUT2D eigenvalue weighted by atomic mass is 16.5. The average molecular weight is 348 g/mol. The lowest BCUT2D eigenvalue weighted by molar-refractivity contribution is -0.0129. The van der Waals surface area contributed by atoms with Crippen LogP contribution in [0.4, 0.5) is 4.79 Å². The summed E-state index contributed by atoms with van der Waals surface area (Å²) in [7, 11) is 1.64. The summed E-state index contributed by atoms with van der Waals surface area (Å²) in [6.45, 7) is 2.50. The Balaban J connectivity index is 1.52. The van der Waals surface area contributed by atoms with Crippen LogP contribution in [-0.4, -0.2) is 61.1 Å². The molecule has 0 aromatic heterocycles. The third kappa shape index (κ3) is 4.64. The maximum absolute atomic E-state index is 12.4. The number of ether oxygens (including phenoxy) is 2. The number of piperidine rings is 1.